The summed E-state index contributed by atoms with van der Waals surface area (Å²) in [4.78, 5) is 0. The van der Waals surface area contributed by atoms with Crippen molar-refractivity contribution < 1.29 is 21.6 Å². The number of hydrogen-bond donors (Lipinski definition) is 1. The van der Waals surface area contributed by atoms with Crippen LogP contribution in [0.3, 0.4) is 0 Å². The fraction of sp³-hybridized carbons (Fsp3) is 1.00. The standard InChI is InChI=1S/C17H33NO5S2/c1-5-6-11-18-15-12-17(23-13-15)9-7-14(8-10-17)16(2,24(3,19)20)25(4,21)22/h14-15,18H,5-13H2,1-4H3. The SMILES string of the molecule is CCCCNC1COC2(CCC(C(C)(S(C)(=O)=O)S(C)(=O)=O)CC2)C1. The molecule has 1 aliphatic carbocycles. The van der Waals surface area contributed by atoms with E-state index in [4.69, 9.17) is 4.74 Å². The van der Waals surface area contributed by atoms with Crippen LogP contribution in [0.2, 0.25) is 0 Å². The second-order valence-corrected chi connectivity index (χ2v) is 13.1. The molecule has 0 aromatic rings. The van der Waals surface area contributed by atoms with Crippen LogP contribution in [0.1, 0.15) is 58.8 Å². The van der Waals surface area contributed by atoms with Gasteiger partial charge in [-0.25, -0.2) is 16.8 Å². The van der Waals surface area contributed by atoms with Crippen LogP contribution >= 0.6 is 0 Å². The molecular weight excluding hydrogens is 362 g/mol. The van der Waals surface area contributed by atoms with Gasteiger partial charge < -0.3 is 10.1 Å². The maximum Gasteiger partial charge on any atom is 0.172 e. The van der Waals surface area contributed by atoms with Gasteiger partial charge in [0.25, 0.3) is 0 Å². The van der Waals surface area contributed by atoms with Crippen LogP contribution in [-0.2, 0) is 24.4 Å². The van der Waals surface area contributed by atoms with Crippen molar-refractivity contribution in [3.8, 4) is 0 Å². The molecular formula is C17H33NO5S2. The Bertz CT molecular complexity index is 631. The van der Waals surface area contributed by atoms with Crippen molar-refractivity contribution in [3.05, 3.63) is 0 Å². The van der Waals surface area contributed by atoms with Gasteiger partial charge in [0.1, 0.15) is 0 Å². The minimum Gasteiger partial charge on any atom is -0.373 e. The fourth-order valence-corrected chi connectivity index (χ4v) is 8.24. The molecule has 0 aromatic carbocycles. The van der Waals surface area contributed by atoms with Gasteiger partial charge in [-0.3, -0.25) is 0 Å². The number of ether oxygens (including phenoxy) is 1. The Kier molecular flexibility index (Phi) is 6.29. The highest BCUT2D eigenvalue weighted by atomic mass is 32.3. The average Bonchev–Trinajstić information content (AvgIpc) is 2.88. The number of sulfone groups is 2. The van der Waals surface area contributed by atoms with E-state index in [1.165, 1.54) is 6.92 Å². The molecule has 1 spiro atoms. The Hall–Kier alpha value is -0.180. The Labute approximate surface area is 152 Å². The highest BCUT2D eigenvalue weighted by molar-refractivity contribution is 8.09. The van der Waals surface area contributed by atoms with Crippen molar-refractivity contribution in [1.29, 1.82) is 0 Å². The summed E-state index contributed by atoms with van der Waals surface area (Å²) in [6.45, 7) is 5.22. The molecule has 1 unspecified atom stereocenters. The zero-order chi connectivity index (χ0) is 18.9. The van der Waals surface area contributed by atoms with Gasteiger partial charge in [-0.15, -0.1) is 0 Å². The van der Waals surface area contributed by atoms with Gasteiger partial charge in [-0.1, -0.05) is 13.3 Å². The van der Waals surface area contributed by atoms with Gasteiger partial charge >= 0.3 is 0 Å². The molecule has 8 heteroatoms. The molecule has 0 radical (unpaired) electrons. The molecule has 2 aliphatic rings. The first kappa shape index (κ1) is 21.1. The predicted molar refractivity (Wildman–Crippen MR) is 100 cm³/mol. The third-order valence-corrected chi connectivity index (χ3v) is 11.7. The highest BCUT2D eigenvalue weighted by Gasteiger charge is 2.55. The molecule has 0 amide bonds. The van der Waals surface area contributed by atoms with E-state index in [-0.39, 0.29) is 11.5 Å². The Morgan fingerprint density at radius 2 is 1.68 bits per heavy atom. The van der Waals surface area contributed by atoms with Gasteiger partial charge in [0.15, 0.2) is 23.8 Å². The summed E-state index contributed by atoms with van der Waals surface area (Å²) < 4.78 is 53.5. The quantitative estimate of drug-likeness (QED) is 0.662. The largest absolute Gasteiger partial charge is 0.373 e. The summed E-state index contributed by atoms with van der Waals surface area (Å²) >= 11 is 0. The molecule has 1 heterocycles. The van der Waals surface area contributed by atoms with Crippen LogP contribution in [0.5, 0.6) is 0 Å². The summed E-state index contributed by atoms with van der Waals surface area (Å²) in [6, 6.07) is 0.347. The molecule has 1 N–H and O–H groups in total. The molecule has 0 aromatic heterocycles. The van der Waals surface area contributed by atoms with Gasteiger partial charge in [-0.2, -0.15) is 0 Å². The van der Waals surface area contributed by atoms with Gasteiger partial charge in [0, 0.05) is 18.6 Å². The van der Waals surface area contributed by atoms with Crippen LogP contribution in [0, 0.1) is 5.92 Å². The first-order valence-corrected chi connectivity index (χ1v) is 13.0. The van der Waals surface area contributed by atoms with E-state index in [0.29, 0.717) is 25.5 Å². The first-order chi connectivity index (χ1) is 11.5. The Balaban J connectivity index is 2.04. The van der Waals surface area contributed by atoms with E-state index < -0.39 is 23.8 Å². The molecule has 2 rings (SSSR count). The van der Waals surface area contributed by atoms with Crippen LogP contribution in [0.4, 0.5) is 0 Å². The number of nitrogens with one attached hydrogen (secondary N) is 1. The second kappa shape index (κ2) is 7.44. The predicted octanol–water partition coefficient (Wildman–Crippen LogP) is 1.90. The fourth-order valence-electron chi connectivity index (χ4n) is 4.36. The summed E-state index contributed by atoms with van der Waals surface area (Å²) in [5.41, 5.74) is -0.212. The lowest BCUT2D eigenvalue weighted by Gasteiger charge is -2.42. The third kappa shape index (κ3) is 4.22. The van der Waals surface area contributed by atoms with E-state index in [1.54, 1.807) is 0 Å². The maximum atomic E-state index is 12.3. The summed E-state index contributed by atoms with van der Waals surface area (Å²) in [7, 11) is -7.45. The van der Waals surface area contributed by atoms with E-state index in [0.717, 1.165) is 51.2 Å². The number of hydrogen-bond acceptors (Lipinski definition) is 6. The van der Waals surface area contributed by atoms with E-state index in [2.05, 4.69) is 12.2 Å². The third-order valence-electron chi connectivity index (χ3n) is 6.28. The van der Waals surface area contributed by atoms with Crippen molar-refractivity contribution in [2.45, 2.75) is 74.5 Å². The summed E-state index contributed by atoms with van der Waals surface area (Å²) in [5.74, 6) is -0.376. The zero-order valence-electron chi connectivity index (χ0n) is 15.9. The average molecular weight is 396 g/mol. The highest BCUT2D eigenvalue weighted by Crippen LogP contribution is 2.47. The van der Waals surface area contributed by atoms with Gasteiger partial charge in [0.2, 0.25) is 0 Å². The minimum absolute atomic E-state index is 0.212. The molecule has 148 valence electrons. The van der Waals surface area contributed by atoms with Crippen molar-refractivity contribution in [1.82, 2.24) is 5.32 Å². The van der Waals surface area contributed by atoms with E-state index in [9.17, 15) is 16.8 Å². The molecule has 1 atom stereocenters. The van der Waals surface area contributed by atoms with Crippen molar-refractivity contribution in [2.24, 2.45) is 5.92 Å². The molecule has 1 aliphatic heterocycles. The smallest absolute Gasteiger partial charge is 0.172 e. The normalized spacial score (nSPS) is 31.5. The van der Waals surface area contributed by atoms with Crippen LogP contribution in [0.15, 0.2) is 0 Å². The molecule has 0 bridgehead atoms. The molecule has 6 nitrogen and oxygen atoms in total. The molecule has 2 fully saturated rings. The zero-order valence-corrected chi connectivity index (χ0v) is 17.5. The monoisotopic (exact) mass is 395 g/mol. The van der Waals surface area contributed by atoms with E-state index in [1.807, 2.05) is 0 Å². The van der Waals surface area contributed by atoms with Gasteiger partial charge in [0.05, 0.1) is 12.2 Å². The number of unbranched alkanes of at least 4 members (excludes halogenated alkanes) is 1. The lowest BCUT2D eigenvalue weighted by Crippen LogP contribution is -2.51. The minimum atomic E-state index is -3.72. The lowest BCUT2D eigenvalue weighted by molar-refractivity contribution is -0.0359. The molecule has 1 saturated heterocycles. The number of rotatable bonds is 7. The van der Waals surface area contributed by atoms with Crippen molar-refractivity contribution in [3.63, 3.8) is 0 Å². The molecule has 1 saturated carbocycles. The Morgan fingerprint density at radius 3 is 2.16 bits per heavy atom. The van der Waals surface area contributed by atoms with Crippen LogP contribution < -0.4 is 5.32 Å². The lowest BCUT2D eigenvalue weighted by atomic mass is 9.75. The molecule has 25 heavy (non-hydrogen) atoms. The van der Waals surface area contributed by atoms with Crippen LogP contribution in [-0.4, -0.2) is 58.2 Å². The Morgan fingerprint density at radius 1 is 1.12 bits per heavy atom. The summed E-state index contributed by atoms with van der Waals surface area (Å²) in [6.07, 6.45) is 7.90. The summed E-state index contributed by atoms with van der Waals surface area (Å²) in [5, 5.41) is 3.53. The van der Waals surface area contributed by atoms with E-state index >= 15 is 0 Å². The first-order valence-electron chi connectivity index (χ1n) is 9.22. The van der Waals surface area contributed by atoms with Crippen LogP contribution in [0.25, 0.3) is 0 Å². The van der Waals surface area contributed by atoms with Crippen molar-refractivity contribution >= 4 is 19.7 Å². The topological polar surface area (TPSA) is 89.5 Å². The van der Waals surface area contributed by atoms with Gasteiger partial charge in [-0.05, 0) is 57.9 Å². The maximum absolute atomic E-state index is 12.3. The van der Waals surface area contributed by atoms with Crippen molar-refractivity contribution in [2.75, 3.05) is 25.7 Å². The second-order valence-electron chi connectivity index (χ2n) is 8.04.